The Morgan fingerprint density at radius 2 is 2.21 bits per heavy atom. The van der Waals surface area contributed by atoms with E-state index in [9.17, 15) is 5.11 Å². The lowest BCUT2D eigenvalue weighted by Gasteiger charge is -2.28. The molecule has 3 nitrogen and oxygen atoms in total. The zero-order valence-electron chi connectivity index (χ0n) is 7.99. The normalized spacial score (nSPS) is 19.4. The molecule has 78 valence electrons. The summed E-state index contributed by atoms with van der Waals surface area (Å²) in [5.41, 5.74) is 0.965. The highest BCUT2D eigenvalue weighted by atomic mass is 35.5. The number of hydrogen-bond donors (Lipinski definition) is 2. The van der Waals surface area contributed by atoms with Crippen molar-refractivity contribution in [2.24, 2.45) is 0 Å². The van der Waals surface area contributed by atoms with Crippen LogP contribution in [0.25, 0.3) is 0 Å². The molecule has 2 rings (SSSR count). The van der Waals surface area contributed by atoms with Gasteiger partial charge in [0.2, 0.25) is 0 Å². The van der Waals surface area contributed by atoms with Crippen LogP contribution in [0, 0.1) is 0 Å². The highest BCUT2D eigenvalue weighted by molar-refractivity contribution is 5.85. The fourth-order valence-corrected chi connectivity index (χ4v) is 1.50. The first-order valence-corrected chi connectivity index (χ1v) is 4.41. The van der Waals surface area contributed by atoms with E-state index in [1.54, 1.807) is 13.2 Å². The van der Waals surface area contributed by atoms with Gasteiger partial charge in [-0.15, -0.1) is 12.4 Å². The summed E-state index contributed by atoms with van der Waals surface area (Å²) in [5, 5.41) is 12.9. The summed E-state index contributed by atoms with van der Waals surface area (Å²) < 4.78 is 5.00. The summed E-state index contributed by atoms with van der Waals surface area (Å²) in [6, 6.07) is 5.75. The van der Waals surface area contributed by atoms with E-state index in [0.29, 0.717) is 17.5 Å². The molecule has 0 spiro atoms. The van der Waals surface area contributed by atoms with E-state index in [1.165, 1.54) is 0 Å². The maximum atomic E-state index is 9.64. The first kappa shape index (κ1) is 11.1. The second-order valence-corrected chi connectivity index (χ2v) is 3.22. The number of rotatable bonds is 2. The Morgan fingerprint density at radius 3 is 2.64 bits per heavy atom. The molecule has 0 unspecified atom stereocenters. The van der Waals surface area contributed by atoms with Crippen LogP contribution in [0.4, 0.5) is 0 Å². The monoisotopic (exact) mass is 215 g/mol. The minimum absolute atomic E-state index is 0. The van der Waals surface area contributed by atoms with Gasteiger partial charge in [0.15, 0.2) is 0 Å². The minimum Gasteiger partial charge on any atom is -0.507 e. The molecular weight excluding hydrogens is 202 g/mol. The SMILES string of the molecule is COc1ccc([C@@H]2CCN2)c(O)c1.Cl. The van der Waals surface area contributed by atoms with Gasteiger partial charge in [-0.2, -0.15) is 0 Å². The predicted molar refractivity (Wildman–Crippen MR) is 57.3 cm³/mol. The lowest BCUT2D eigenvalue weighted by atomic mass is 9.97. The first-order chi connectivity index (χ1) is 6.31. The van der Waals surface area contributed by atoms with Crippen LogP contribution < -0.4 is 10.1 Å². The number of halogens is 1. The van der Waals surface area contributed by atoms with Crippen LogP contribution in [0.15, 0.2) is 18.2 Å². The number of phenolic OH excluding ortho intramolecular Hbond substituents is 1. The first-order valence-electron chi connectivity index (χ1n) is 4.41. The molecule has 14 heavy (non-hydrogen) atoms. The minimum atomic E-state index is 0. The van der Waals surface area contributed by atoms with Crippen LogP contribution in [0.1, 0.15) is 18.0 Å². The maximum Gasteiger partial charge on any atom is 0.124 e. The molecule has 0 aliphatic carbocycles. The second kappa shape index (κ2) is 4.53. The van der Waals surface area contributed by atoms with Crippen molar-refractivity contribution in [2.45, 2.75) is 12.5 Å². The molecule has 1 aromatic carbocycles. The molecule has 1 aromatic rings. The van der Waals surface area contributed by atoms with Gasteiger partial charge in [-0.25, -0.2) is 0 Å². The van der Waals surface area contributed by atoms with Gasteiger partial charge in [-0.05, 0) is 19.0 Å². The summed E-state index contributed by atoms with van der Waals surface area (Å²) in [6.45, 7) is 1.04. The zero-order valence-corrected chi connectivity index (χ0v) is 8.80. The lowest BCUT2D eigenvalue weighted by Crippen LogP contribution is -2.34. The molecule has 4 heteroatoms. The molecule has 0 amide bonds. The van der Waals surface area contributed by atoms with Gasteiger partial charge >= 0.3 is 0 Å². The van der Waals surface area contributed by atoms with Crippen LogP contribution in [0.3, 0.4) is 0 Å². The van der Waals surface area contributed by atoms with E-state index in [0.717, 1.165) is 18.5 Å². The Bertz CT molecular complexity index is 313. The lowest BCUT2D eigenvalue weighted by molar-refractivity contribution is 0.360. The third-order valence-corrected chi connectivity index (χ3v) is 2.44. The second-order valence-electron chi connectivity index (χ2n) is 3.22. The highest BCUT2D eigenvalue weighted by Gasteiger charge is 2.21. The van der Waals surface area contributed by atoms with Crippen molar-refractivity contribution < 1.29 is 9.84 Å². The molecule has 1 aliphatic rings. The Kier molecular flexibility index (Phi) is 3.61. The molecule has 1 heterocycles. The van der Waals surface area contributed by atoms with Crippen molar-refractivity contribution in [3.8, 4) is 11.5 Å². The summed E-state index contributed by atoms with van der Waals surface area (Å²) >= 11 is 0. The van der Waals surface area contributed by atoms with Gasteiger partial charge in [0, 0.05) is 17.7 Å². The quantitative estimate of drug-likeness (QED) is 0.792. The summed E-state index contributed by atoms with van der Waals surface area (Å²) in [4.78, 5) is 0. The van der Waals surface area contributed by atoms with Crippen molar-refractivity contribution in [2.75, 3.05) is 13.7 Å². The van der Waals surface area contributed by atoms with E-state index in [4.69, 9.17) is 4.74 Å². The molecule has 0 bridgehead atoms. The van der Waals surface area contributed by atoms with Crippen LogP contribution in [0.5, 0.6) is 11.5 Å². The predicted octanol–water partition coefficient (Wildman–Crippen LogP) is 1.86. The maximum absolute atomic E-state index is 9.64. The fraction of sp³-hybridized carbons (Fsp3) is 0.400. The molecule has 1 aliphatic heterocycles. The van der Waals surface area contributed by atoms with Crippen molar-refractivity contribution in [1.29, 1.82) is 0 Å². The van der Waals surface area contributed by atoms with E-state index in [2.05, 4.69) is 5.32 Å². The molecule has 2 N–H and O–H groups in total. The summed E-state index contributed by atoms with van der Waals surface area (Å²) in [5.74, 6) is 1.01. The average molecular weight is 216 g/mol. The van der Waals surface area contributed by atoms with Crippen LogP contribution in [-0.2, 0) is 0 Å². The van der Waals surface area contributed by atoms with Crippen molar-refractivity contribution in [3.05, 3.63) is 23.8 Å². The average Bonchev–Trinajstić information content (AvgIpc) is 2.05. The highest BCUT2D eigenvalue weighted by Crippen LogP contribution is 2.32. The Hall–Kier alpha value is -0.930. The number of benzene rings is 1. The molecule has 1 atom stereocenters. The van der Waals surface area contributed by atoms with Gasteiger partial charge in [-0.1, -0.05) is 6.07 Å². The number of hydrogen-bond acceptors (Lipinski definition) is 3. The molecule has 0 saturated carbocycles. The fourth-order valence-electron chi connectivity index (χ4n) is 1.50. The van der Waals surface area contributed by atoms with E-state index < -0.39 is 0 Å². The van der Waals surface area contributed by atoms with Gasteiger partial charge in [0.1, 0.15) is 11.5 Å². The van der Waals surface area contributed by atoms with Gasteiger partial charge in [-0.3, -0.25) is 0 Å². The molecular formula is C10H14ClNO2. The third-order valence-electron chi connectivity index (χ3n) is 2.44. The Labute approximate surface area is 89.5 Å². The van der Waals surface area contributed by atoms with Crippen LogP contribution in [0.2, 0.25) is 0 Å². The Balaban J connectivity index is 0.000000980. The molecule has 0 radical (unpaired) electrons. The van der Waals surface area contributed by atoms with Crippen molar-refractivity contribution >= 4 is 12.4 Å². The van der Waals surface area contributed by atoms with Crippen LogP contribution in [-0.4, -0.2) is 18.8 Å². The largest absolute Gasteiger partial charge is 0.507 e. The number of nitrogens with one attached hydrogen (secondary N) is 1. The standard InChI is InChI=1S/C10H13NO2.ClH/c1-13-7-2-3-8(10(12)6-7)9-4-5-11-9;/h2-3,6,9,11-12H,4-5H2,1H3;1H/t9-;/m0./s1. The van der Waals surface area contributed by atoms with Gasteiger partial charge in [0.05, 0.1) is 7.11 Å². The molecule has 0 aromatic heterocycles. The number of methoxy groups -OCH3 is 1. The molecule has 1 saturated heterocycles. The van der Waals surface area contributed by atoms with E-state index in [-0.39, 0.29) is 12.4 Å². The molecule has 1 fully saturated rings. The summed E-state index contributed by atoms with van der Waals surface area (Å²) in [7, 11) is 1.59. The van der Waals surface area contributed by atoms with Crippen molar-refractivity contribution in [1.82, 2.24) is 5.32 Å². The van der Waals surface area contributed by atoms with Crippen molar-refractivity contribution in [3.63, 3.8) is 0 Å². The smallest absolute Gasteiger partial charge is 0.124 e. The number of ether oxygens (including phenoxy) is 1. The van der Waals surface area contributed by atoms with E-state index >= 15 is 0 Å². The number of phenols is 1. The Morgan fingerprint density at radius 1 is 1.50 bits per heavy atom. The van der Waals surface area contributed by atoms with E-state index in [1.807, 2.05) is 12.1 Å². The number of aromatic hydroxyl groups is 1. The topological polar surface area (TPSA) is 41.5 Å². The third kappa shape index (κ3) is 1.94. The summed E-state index contributed by atoms with van der Waals surface area (Å²) in [6.07, 6.45) is 1.10. The van der Waals surface area contributed by atoms with Gasteiger partial charge < -0.3 is 15.2 Å². The zero-order chi connectivity index (χ0) is 9.26. The van der Waals surface area contributed by atoms with Gasteiger partial charge in [0.25, 0.3) is 0 Å². The van der Waals surface area contributed by atoms with Crippen LogP contribution >= 0.6 is 12.4 Å².